The van der Waals surface area contributed by atoms with E-state index in [9.17, 15) is 8.42 Å². The van der Waals surface area contributed by atoms with Crippen molar-refractivity contribution >= 4 is 15.7 Å². The minimum absolute atomic E-state index is 0.0936. The van der Waals surface area contributed by atoms with E-state index in [-0.39, 0.29) is 4.90 Å². The lowest BCUT2D eigenvalue weighted by atomic mass is 10.2. The summed E-state index contributed by atoms with van der Waals surface area (Å²) >= 11 is 0. The zero-order valence-electron chi connectivity index (χ0n) is 13.1. The molecule has 0 saturated carbocycles. The summed E-state index contributed by atoms with van der Waals surface area (Å²) in [5.74, 6) is 1.31. The van der Waals surface area contributed by atoms with Gasteiger partial charge in [0.25, 0.3) is 10.0 Å². The van der Waals surface area contributed by atoms with Gasteiger partial charge in [0.15, 0.2) is 0 Å². The standard InChI is InChI=1S/C19H14N2O3S/c20-14-15-6-12-19(13-7-15)25(22,23)21-16-8-10-18(11-9-16)24-17-4-2-1-3-5-17/h1-13,21H. The topological polar surface area (TPSA) is 79.2 Å². The lowest BCUT2D eigenvalue weighted by Crippen LogP contribution is -2.12. The van der Waals surface area contributed by atoms with Crippen molar-refractivity contribution < 1.29 is 13.2 Å². The summed E-state index contributed by atoms with van der Waals surface area (Å²) in [5, 5.41) is 8.77. The first kappa shape index (κ1) is 16.6. The molecule has 0 saturated heterocycles. The van der Waals surface area contributed by atoms with Crippen molar-refractivity contribution in [1.82, 2.24) is 0 Å². The number of anilines is 1. The van der Waals surface area contributed by atoms with E-state index in [1.807, 2.05) is 36.4 Å². The van der Waals surface area contributed by atoms with Gasteiger partial charge in [-0.25, -0.2) is 8.42 Å². The highest BCUT2D eigenvalue weighted by Crippen LogP contribution is 2.24. The van der Waals surface area contributed by atoms with E-state index < -0.39 is 10.0 Å². The van der Waals surface area contributed by atoms with Crippen LogP contribution in [0.15, 0.2) is 83.8 Å². The first-order chi connectivity index (χ1) is 12.1. The van der Waals surface area contributed by atoms with Gasteiger partial charge in [0.1, 0.15) is 11.5 Å². The Morgan fingerprint density at radius 3 is 2.00 bits per heavy atom. The Kier molecular flexibility index (Phi) is 4.68. The highest BCUT2D eigenvalue weighted by molar-refractivity contribution is 7.92. The Bertz CT molecular complexity index is 991. The first-order valence-electron chi connectivity index (χ1n) is 7.43. The van der Waals surface area contributed by atoms with Crippen molar-refractivity contribution in [3.63, 3.8) is 0 Å². The van der Waals surface area contributed by atoms with E-state index in [0.717, 1.165) is 0 Å². The van der Waals surface area contributed by atoms with Crippen molar-refractivity contribution in [2.45, 2.75) is 4.90 Å². The molecule has 0 aromatic heterocycles. The molecule has 1 N–H and O–H groups in total. The number of nitrogens with zero attached hydrogens (tertiary/aromatic N) is 1. The molecule has 3 aromatic carbocycles. The zero-order chi connectivity index (χ0) is 17.7. The monoisotopic (exact) mass is 350 g/mol. The molecule has 0 aliphatic carbocycles. The minimum Gasteiger partial charge on any atom is -0.457 e. The molecule has 3 aromatic rings. The molecule has 0 unspecified atom stereocenters. The molecule has 0 aliphatic rings. The highest BCUT2D eigenvalue weighted by Gasteiger charge is 2.14. The minimum atomic E-state index is -3.71. The predicted molar refractivity (Wildman–Crippen MR) is 94.9 cm³/mol. The number of hydrogen-bond donors (Lipinski definition) is 1. The van der Waals surface area contributed by atoms with E-state index in [0.29, 0.717) is 22.7 Å². The van der Waals surface area contributed by atoms with E-state index in [2.05, 4.69) is 4.72 Å². The third-order valence-corrected chi connectivity index (χ3v) is 4.78. The van der Waals surface area contributed by atoms with Crippen LogP contribution in [-0.2, 0) is 10.0 Å². The Balaban J connectivity index is 1.73. The number of hydrogen-bond acceptors (Lipinski definition) is 4. The number of rotatable bonds is 5. The van der Waals surface area contributed by atoms with Gasteiger partial charge in [-0.1, -0.05) is 18.2 Å². The van der Waals surface area contributed by atoms with Gasteiger partial charge in [0.2, 0.25) is 0 Å². The largest absolute Gasteiger partial charge is 0.457 e. The summed E-state index contributed by atoms with van der Waals surface area (Å²) in [6.07, 6.45) is 0. The summed E-state index contributed by atoms with van der Waals surface area (Å²) in [5.41, 5.74) is 0.825. The molecular formula is C19H14N2O3S. The van der Waals surface area contributed by atoms with Crippen LogP contribution in [0.25, 0.3) is 0 Å². The average Bonchev–Trinajstić information content (AvgIpc) is 2.64. The van der Waals surface area contributed by atoms with Gasteiger partial charge in [-0.3, -0.25) is 4.72 Å². The summed E-state index contributed by atoms with van der Waals surface area (Å²) in [7, 11) is -3.71. The molecule has 5 nitrogen and oxygen atoms in total. The normalized spacial score (nSPS) is 10.7. The molecule has 0 heterocycles. The van der Waals surface area contributed by atoms with Crippen LogP contribution in [0.5, 0.6) is 11.5 Å². The Morgan fingerprint density at radius 1 is 0.800 bits per heavy atom. The molecule has 3 rings (SSSR count). The second kappa shape index (κ2) is 7.07. The van der Waals surface area contributed by atoms with Crippen molar-refractivity contribution in [1.29, 1.82) is 5.26 Å². The second-order valence-corrected chi connectivity index (χ2v) is 6.86. The average molecular weight is 350 g/mol. The van der Waals surface area contributed by atoms with Crippen LogP contribution < -0.4 is 9.46 Å². The fraction of sp³-hybridized carbons (Fsp3) is 0. The van der Waals surface area contributed by atoms with Crippen molar-refractivity contribution in [3.05, 3.63) is 84.4 Å². The van der Waals surface area contributed by atoms with Crippen LogP contribution in [-0.4, -0.2) is 8.42 Å². The summed E-state index contributed by atoms with van der Waals surface area (Å²) in [6.45, 7) is 0. The number of sulfonamides is 1. The maximum Gasteiger partial charge on any atom is 0.261 e. The third kappa shape index (κ3) is 4.16. The number of ether oxygens (including phenoxy) is 1. The van der Waals surface area contributed by atoms with Crippen LogP contribution in [0.1, 0.15) is 5.56 Å². The quantitative estimate of drug-likeness (QED) is 0.749. The Hall–Kier alpha value is -3.30. The van der Waals surface area contributed by atoms with Gasteiger partial charge >= 0.3 is 0 Å². The SMILES string of the molecule is N#Cc1ccc(S(=O)(=O)Nc2ccc(Oc3ccccc3)cc2)cc1. The molecule has 25 heavy (non-hydrogen) atoms. The highest BCUT2D eigenvalue weighted by atomic mass is 32.2. The molecular weight excluding hydrogens is 336 g/mol. The summed E-state index contributed by atoms with van der Waals surface area (Å²) in [6, 6.07) is 23.6. The summed E-state index contributed by atoms with van der Waals surface area (Å²) < 4.78 is 32.9. The van der Waals surface area contributed by atoms with Crippen LogP contribution in [0.3, 0.4) is 0 Å². The van der Waals surface area contributed by atoms with Crippen molar-refractivity contribution in [3.8, 4) is 17.6 Å². The first-order valence-corrected chi connectivity index (χ1v) is 8.91. The maximum atomic E-state index is 12.4. The maximum absolute atomic E-state index is 12.4. The molecule has 0 amide bonds. The lowest BCUT2D eigenvalue weighted by Gasteiger charge is -2.10. The van der Waals surface area contributed by atoms with Crippen molar-refractivity contribution in [2.24, 2.45) is 0 Å². The molecule has 124 valence electrons. The van der Waals surface area contributed by atoms with E-state index in [1.54, 1.807) is 24.3 Å². The predicted octanol–water partition coefficient (Wildman–Crippen LogP) is 4.15. The summed E-state index contributed by atoms with van der Waals surface area (Å²) in [4.78, 5) is 0.0936. The van der Waals surface area contributed by atoms with Gasteiger partial charge < -0.3 is 4.74 Å². The van der Waals surface area contributed by atoms with Crippen LogP contribution in [0, 0.1) is 11.3 Å². The van der Waals surface area contributed by atoms with Gasteiger partial charge in [-0.2, -0.15) is 5.26 Å². The van der Waals surface area contributed by atoms with Gasteiger partial charge in [-0.15, -0.1) is 0 Å². The fourth-order valence-corrected chi connectivity index (χ4v) is 3.20. The number of nitrogens with one attached hydrogen (secondary N) is 1. The van der Waals surface area contributed by atoms with Crippen LogP contribution >= 0.6 is 0 Å². The molecule has 0 bridgehead atoms. The number of para-hydroxylation sites is 1. The lowest BCUT2D eigenvalue weighted by molar-refractivity contribution is 0.483. The molecule has 0 radical (unpaired) electrons. The Morgan fingerprint density at radius 2 is 1.40 bits per heavy atom. The molecule has 0 aliphatic heterocycles. The van der Waals surface area contributed by atoms with Crippen LogP contribution in [0.2, 0.25) is 0 Å². The van der Waals surface area contributed by atoms with Gasteiger partial charge in [-0.05, 0) is 60.7 Å². The van der Waals surface area contributed by atoms with Crippen molar-refractivity contribution in [2.75, 3.05) is 4.72 Å². The van der Waals surface area contributed by atoms with Gasteiger partial charge in [0, 0.05) is 5.69 Å². The number of benzene rings is 3. The molecule has 6 heteroatoms. The Labute approximate surface area is 146 Å². The number of nitriles is 1. The third-order valence-electron chi connectivity index (χ3n) is 3.38. The van der Waals surface area contributed by atoms with E-state index in [4.69, 9.17) is 10.00 Å². The smallest absolute Gasteiger partial charge is 0.261 e. The molecule has 0 spiro atoms. The van der Waals surface area contributed by atoms with E-state index >= 15 is 0 Å². The molecule has 0 fully saturated rings. The zero-order valence-corrected chi connectivity index (χ0v) is 13.9. The van der Waals surface area contributed by atoms with Crippen LogP contribution in [0.4, 0.5) is 5.69 Å². The molecule has 0 atom stereocenters. The second-order valence-electron chi connectivity index (χ2n) is 5.18. The van der Waals surface area contributed by atoms with E-state index in [1.165, 1.54) is 24.3 Å². The fourth-order valence-electron chi connectivity index (χ4n) is 2.14. The van der Waals surface area contributed by atoms with Gasteiger partial charge in [0.05, 0.1) is 16.5 Å².